The van der Waals surface area contributed by atoms with Gasteiger partial charge in [-0.3, -0.25) is 4.79 Å². The molecule has 0 radical (unpaired) electrons. The number of carbonyl (C=O) groups is 1. The Morgan fingerprint density at radius 2 is 1.86 bits per heavy atom. The van der Waals surface area contributed by atoms with Gasteiger partial charge in [0.1, 0.15) is 0 Å². The Bertz CT molecular complexity index is 595. The average molecular weight is 296 g/mol. The van der Waals surface area contributed by atoms with Crippen LogP contribution in [0.4, 0.5) is 5.69 Å². The fraction of sp³-hybridized carbons (Fsp3) is 0.316. The molecule has 2 aromatic carbocycles. The highest BCUT2D eigenvalue weighted by Gasteiger charge is 2.04. The van der Waals surface area contributed by atoms with Crippen LogP contribution >= 0.6 is 0 Å². The van der Waals surface area contributed by atoms with Gasteiger partial charge in [0.05, 0.1) is 6.42 Å². The molecule has 0 saturated heterocycles. The molecule has 0 unspecified atom stereocenters. The molecular weight excluding hydrogens is 272 g/mol. The van der Waals surface area contributed by atoms with Crippen LogP contribution in [0.5, 0.6) is 0 Å². The van der Waals surface area contributed by atoms with Gasteiger partial charge in [0.25, 0.3) is 0 Å². The third-order valence-electron chi connectivity index (χ3n) is 3.64. The van der Waals surface area contributed by atoms with Crippen molar-refractivity contribution in [3.8, 4) is 0 Å². The number of rotatable bonds is 7. The zero-order chi connectivity index (χ0) is 15.8. The number of anilines is 1. The second-order valence-electron chi connectivity index (χ2n) is 5.63. The van der Waals surface area contributed by atoms with E-state index < -0.39 is 0 Å². The topological polar surface area (TPSA) is 32.3 Å². The van der Waals surface area contributed by atoms with Crippen molar-refractivity contribution in [2.24, 2.45) is 0 Å². The van der Waals surface area contributed by atoms with Crippen LogP contribution in [0.15, 0.2) is 54.6 Å². The number of amides is 1. The van der Waals surface area contributed by atoms with Crippen LogP contribution in [-0.4, -0.2) is 26.0 Å². The van der Waals surface area contributed by atoms with E-state index >= 15 is 0 Å². The summed E-state index contributed by atoms with van der Waals surface area (Å²) in [5, 5.41) is 2.99. The van der Waals surface area contributed by atoms with Crippen molar-refractivity contribution in [1.82, 2.24) is 5.32 Å². The fourth-order valence-electron chi connectivity index (χ4n) is 2.43. The molecule has 22 heavy (non-hydrogen) atoms. The van der Waals surface area contributed by atoms with E-state index in [1.807, 2.05) is 43.3 Å². The summed E-state index contributed by atoms with van der Waals surface area (Å²) in [6.07, 6.45) is 1.39. The summed E-state index contributed by atoms with van der Waals surface area (Å²) < 4.78 is 0. The predicted molar refractivity (Wildman–Crippen MR) is 92.2 cm³/mol. The molecule has 0 bridgehead atoms. The second kappa shape index (κ2) is 8.23. The Hall–Kier alpha value is -2.29. The highest BCUT2D eigenvalue weighted by molar-refractivity contribution is 5.78. The van der Waals surface area contributed by atoms with E-state index in [1.54, 1.807) is 0 Å². The van der Waals surface area contributed by atoms with Crippen molar-refractivity contribution >= 4 is 11.6 Å². The van der Waals surface area contributed by atoms with Crippen LogP contribution in [-0.2, 0) is 11.2 Å². The molecule has 0 aliphatic heterocycles. The van der Waals surface area contributed by atoms with Crippen molar-refractivity contribution in [2.45, 2.75) is 19.8 Å². The van der Waals surface area contributed by atoms with E-state index in [0.717, 1.165) is 18.5 Å². The van der Waals surface area contributed by atoms with Crippen molar-refractivity contribution < 1.29 is 4.79 Å². The van der Waals surface area contributed by atoms with E-state index in [2.05, 4.69) is 35.5 Å². The molecule has 0 heterocycles. The summed E-state index contributed by atoms with van der Waals surface area (Å²) in [7, 11) is 2.07. The van der Waals surface area contributed by atoms with Crippen molar-refractivity contribution in [3.63, 3.8) is 0 Å². The lowest BCUT2D eigenvalue weighted by Crippen LogP contribution is -2.29. The van der Waals surface area contributed by atoms with Gasteiger partial charge in [-0.25, -0.2) is 0 Å². The number of benzene rings is 2. The van der Waals surface area contributed by atoms with Crippen molar-refractivity contribution in [2.75, 3.05) is 25.0 Å². The first-order chi connectivity index (χ1) is 10.6. The Morgan fingerprint density at radius 3 is 2.59 bits per heavy atom. The molecule has 0 atom stereocenters. The Labute approximate surface area is 133 Å². The maximum Gasteiger partial charge on any atom is 0.224 e. The summed E-state index contributed by atoms with van der Waals surface area (Å²) >= 11 is 0. The smallest absolute Gasteiger partial charge is 0.224 e. The zero-order valence-corrected chi connectivity index (χ0v) is 13.4. The van der Waals surface area contributed by atoms with E-state index in [1.165, 1.54) is 11.3 Å². The molecule has 0 aliphatic carbocycles. The summed E-state index contributed by atoms with van der Waals surface area (Å²) in [5.74, 6) is 0.0907. The molecule has 0 fully saturated rings. The molecule has 1 N–H and O–H groups in total. The van der Waals surface area contributed by atoms with Gasteiger partial charge >= 0.3 is 0 Å². The molecule has 1 amide bonds. The van der Waals surface area contributed by atoms with Gasteiger partial charge in [-0.05, 0) is 31.0 Å². The third kappa shape index (κ3) is 5.24. The fourth-order valence-corrected chi connectivity index (χ4v) is 2.43. The first kappa shape index (κ1) is 16.1. The van der Waals surface area contributed by atoms with Crippen LogP contribution < -0.4 is 10.2 Å². The van der Waals surface area contributed by atoms with Gasteiger partial charge in [0, 0.05) is 25.8 Å². The summed E-state index contributed by atoms with van der Waals surface area (Å²) in [5.41, 5.74) is 3.46. The van der Waals surface area contributed by atoms with Gasteiger partial charge in [0.2, 0.25) is 5.91 Å². The lowest BCUT2D eigenvalue weighted by atomic mass is 10.1. The van der Waals surface area contributed by atoms with Gasteiger partial charge in [0.15, 0.2) is 0 Å². The van der Waals surface area contributed by atoms with Crippen molar-refractivity contribution in [1.29, 1.82) is 0 Å². The van der Waals surface area contributed by atoms with E-state index in [-0.39, 0.29) is 5.91 Å². The quantitative estimate of drug-likeness (QED) is 0.796. The molecule has 3 heteroatoms. The minimum atomic E-state index is 0.0907. The largest absolute Gasteiger partial charge is 0.375 e. The number of aryl methyl sites for hydroxylation is 1. The molecule has 0 aromatic heterocycles. The van der Waals surface area contributed by atoms with E-state index in [9.17, 15) is 4.79 Å². The van der Waals surface area contributed by atoms with Crippen LogP contribution in [0, 0.1) is 6.92 Å². The van der Waals surface area contributed by atoms with Gasteiger partial charge in [-0.15, -0.1) is 0 Å². The standard InChI is InChI=1S/C19H24N2O/c1-16-8-6-9-17(14-16)15-19(22)20-12-7-13-21(2)18-10-4-3-5-11-18/h3-6,8-11,14H,7,12-13,15H2,1-2H3,(H,20,22). The van der Waals surface area contributed by atoms with Crippen LogP contribution in [0.3, 0.4) is 0 Å². The SMILES string of the molecule is Cc1cccc(CC(=O)NCCCN(C)c2ccccc2)c1. The molecule has 0 saturated carbocycles. The predicted octanol–water partition coefficient (Wildman–Crippen LogP) is 3.18. The van der Waals surface area contributed by atoms with E-state index in [4.69, 9.17) is 0 Å². The van der Waals surface area contributed by atoms with Crippen LogP contribution in [0.25, 0.3) is 0 Å². The summed E-state index contributed by atoms with van der Waals surface area (Å²) in [6, 6.07) is 18.4. The van der Waals surface area contributed by atoms with Gasteiger partial charge in [-0.1, -0.05) is 48.0 Å². The van der Waals surface area contributed by atoms with Crippen molar-refractivity contribution in [3.05, 3.63) is 65.7 Å². The van der Waals surface area contributed by atoms with Crippen LogP contribution in [0.2, 0.25) is 0 Å². The number of para-hydroxylation sites is 1. The lowest BCUT2D eigenvalue weighted by molar-refractivity contribution is -0.120. The maximum absolute atomic E-state index is 11.9. The summed E-state index contributed by atoms with van der Waals surface area (Å²) in [6.45, 7) is 3.68. The number of carbonyl (C=O) groups excluding carboxylic acids is 1. The average Bonchev–Trinajstić information content (AvgIpc) is 2.52. The maximum atomic E-state index is 11.9. The second-order valence-corrected chi connectivity index (χ2v) is 5.63. The minimum Gasteiger partial charge on any atom is -0.375 e. The number of nitrogens with zero attached hydrogens (tertiary/aromatic N) is 1. The molecule has 3 nitrogen and oxygen atoms in total. The molecule has 2 rings (SSSR count). The first-order valence-corrected chi connectivity index (χ1v) is 7.73. The first-order valence-electron chi connectivity index (χ1n) is 7.73. The van der Waals surface area contributed by atoms with Crippen LogP contribution in [0.1, 0.15) is 17.5 Å². The normalized spacial score (nSPS) is 10.3. The number of hydrogen-bond acceptors (Lipinski definition) is 2. The van der Waals surface area contributed by atoms with E-state index in [0.29, 0.717) is 13.0 Å². The molecule has 2 aromatic rings. The highest BCUT2D eigenvalue weighted by Crippen LogP contribution is 2.10. The third-order valence-corrected chi connectivity index (χ3v) is 3.64. The molecule has 0 aliphatic rings. The number of hydrogen-bond donors (Lipinski definition) is 1. The Morgan fingerprint density at radius 1 is 1.09 bits per heavy atom. The summed E-state index contributed by atoms with van der Waals surface area (Å²) in [4.78, 5) is 14.1. The Kier molecular flexibility index (Phi) is 6.01. The molecule has 0 spiro atoms. The Balaban J connectivity index is 1.67. The lowest BCUT2D eigenvalue weighted by Gasteiger charge is -2.19. The monoisotopic (exact) mass is 296 g/mol. The van der Waals surface area contributed by atoms with Gasteiger partial charge in [-0.2, -0.15) is 0 Å². The number of nitrogens with one attached hydrogen (secondary N) is 1. The highest BCUT2D eigenvalue weighted by atomic mass is 16.1. The molecule has 116 valence electrons. The zero-order valence-electron chi connectivity index (χ0n) is 13.4. The van der Waals surface area contributed by atoms with Gasteiger partial charge < -0.3 is 10.2 Å². The molecular formula is C19H24N2O. The minimum absolute atomic E-state index is 0.0907.